The lowest BCUT2D eigenvalue weighted by molar-refractivity contribution is -0.131. The van der Waals surface area contributed by atoms with Crippen LogP contribution in [0.2, 0.25) is 0 Å². The normalized spacial score (nSPS) is 15.1. The Labute approximate surface area is 143 Å². The molecule has 3 amide bonds. The summed E-state index contributed by atoms with van der Waals surface area (Å²) in [7, 11) is 1.65. The van der Waals surface area contributed by atoms with Gasteiger partial charge in [0.25, 0.3) is 0 Å². The molecule has 2 rings (SSSR count). The summed E-state index contributed by atoms with van der Waals surface area (Å²) in [4.78, 5) is 40.1. The lowest BCUT2D eigenvalue weighted by atomic mass is 10.1. The molecule has 1 fully saturated rings. The highest BCUT2D eigenvalue weighted by atomic mass is 16.2. The smallest absolute Gasteiger partial charge is 0.224 e. The highest BCUT2D eigenvalue weighted by molar-refractivity contribution is 5.80. The molecule has 0 N–H and O–H groups in total. The zero-order valence-electron chi connectivity index (χ0n) is 14.2. The molecule has 0 saturated carbocycles. The first kappa shape index (κ1) is 18.0. The van der Waals surface area contributed by atoms with Crippen molar-refractivity contribution in [2.75, 3.05) is 39.8 Å². The maximum Gasteiger partial charge on any atom is 0.224 e. The van der Waals surface area contributed by atoms with Gasteiger partial charge in [0, 0.05) is 52.6 Å². The van der Waals surface area contributed by atoms with Gasteiger partial charge in [0.15, 0.2) is 0 Å². The average Bonchev–Trinajstić information content (AvgIpc) is 2.80. The van der Waals surface area contributed by atoms with E-state index in [1.54, 1.807) is 11.9 Å². The van der Waals surface area contributed by atoms with Gasteiger partial charge < -0.3 is 14.7 Å². The van der Waals surface area contributed by atoms with Crippen molar-refractivity contribution >= 4 is 18.2 Å². The molecule has 1 aromatic carbocycles. The van der Waals surface area contributed by atoms with Crippen LogP contribution < -0.4 is 0 Å². The summed E-state index contributed by atoms with van der Waals surface area (Å²) in [5, 5.41) is 0. The molecule has 6 heteroatoms. The van der Waals surface area contributed by atoms with E-state index in [0.29, 0.717) is 52.0 Å². The summed E-state index contributed by atoms with van der Waals surface area (Å²) in [6.45, 7) is 2.68. The molecule has 0 radical (unpaired) electrons. The third kappa shape index (κ3) is 5.37. The molecule has 1 aromatic rings. The zero-order valence-corrected chi connectivity index (χ0v) is 14.2. The van der Waals surface area contributed by atoms with Gasteiger partial charge in [0.1, 0.15) is 0 Å². The Morgan fingerprint density at radius 3 is 2.67 bits per heavy atom. The number of hydrogen-bond donors (Lipinski definition) is 0. The maximum atomic E-state index is 12.2. The summed E-state index contributed by atoms with van der Waals surface area (Å²) >= 11 is 0. The lowest BCUT2D eigenvalue weighted by Crippen LogP contribution is -2.37. The van der Waals surface area contributed by atoms with Crippen LogP contribution in [0.25, 0.3) is 0 Å². The molecule has 130 valence electrons. The van der Waals surface area contributed by atoms with Crippen molar-refractivity contribution in [1.29, 1.82) is 0 Å². The fourth-order valence-corrected chi connectivity index (χ4v) is 2.74. The van der Waals surface area contributed by atoms with Crippen LogP contribution in [-0.2, 0) is 20.8 Å². The first-order chi connectivity index (χ1) is 11.6. The molecule has 0 spiro atoms. The van der Waals surface area contributed by atoms with Gasteiger partial charge in [0.2, 0.25) is 18.2 Å². The van der Waals surface area contributed by atoms with Crippen LogP contribution in [0.4, 0.5) is 0 Å². The molecule has 24 heavy (non-hydrogen) atoms. The van der Waals surface area contributed by atoms with Crippen molar-refractivity contribution in [2.45, 2.75) is 19.3 Å². The number of benzene rings is 1. The molecule has 1 aliphatic heterocycles. The van der Waals surface area contributed by atoms with Crippen molar-refractivity contribution in [1.82, 2.24) is 14.7 Å². The first-order valence-electron chi connectivity index (χ1n) is 8.35. The Hall–Kier alpha value is -2.37. The molecule has 1 aliphatic rings. The molecular formula is C18H25N3O3. The van der Waals surface area contributed by atoms with Gasteiger partial charge in [-0.1, -0.05) is 30.3 Å². The Balaban J connectivity index is 1.82. The standard InChI is InChI=1S/C18H25N3O3/c1-19(15-22)10-8-17(23)21-12-9-18(24)20(13-14-21)11-7-16-5-3-2-4-6-16/h2-6,15H,7-14H2,1H3. The third-order valence-electron chi connectivity index (χ3n) is 4.31. The molecule has 0 aromatic heterocycles. The predicted octanol–water partition coefficient (Wildman–Crippen LogP) is 0.768. The predicted molar refractivity (Wildman–Crippen MR) is 91.2 cm³/mol. The third-order valence-corrected chi connectivity index (χ3v) is 4.31. The highest BCUT2D eigenvalue weighted by Crippen LogP contribution is 2.09. The van der Waals surface area contributed by atoms with E-state index in [4.69, 9.17) is 0 Å². The van der Waals surface area contributed by atoms with Gasteiger partial charge in [-0.3, -0.25) is 14.4 Å². The molecule has 0 unspecified atom stereocenters. The largest absolute Gasteiger partial charge is 0.348 e. The minimum absolute atomic E-state index is 0.00130. The lowest BCUT2D eigenvalue weighted by Gasteiger charge is -2.23. The van der Waals surface area contributed by atoms with Gasteiger partial charge in [0.05, 0.1) is 0 Å². The summed E-state index contributed by atoms with van der Waals surface area (Å²) in [6.07, 6.45) is 2.20. The fraction of sp³-hybridized carbons (Fsp3) is 0.500. The summed E-state index contributed by atoms with van der Waals surface area (Å²) in [5.41, 5.74) is 1.21. The van der Waals surface area contributed by atoms with E-state index in [-0.39, 0.29) is 11.8 Å². The molecule has 1 saturated heterocycles. The van der Waals surface area contributed by atoms with Crippen LogP contribution in [-0.4, -0.2) is 72.7 Å². The van der Waals surface area contributed by atoms with Crippen molar-refractivity contribution < 1.29 is 14.4 Å². The number of carbonyl (C=O) groups is 3. The number of hydrogen-bond acceptors (Lipinski definition) is 3. The van der Waals surface area contributed by atoms with E-state index in [1.165, 1.54) is 10.5 Å². The van der Waals surface area contributed by atoms with Crippen molar-refractivity contribution in [3.63, 3.8) is 0 Å². The minimum atomic E-state index is 0.00130. The van der Waals surface area contributed by atoms with E-state index >= 15 is 0 Å². The van der Waals surface area contributed by atoms with Gasteiger partial charge in [-0.2, -0.15) is 0 Å². The van der Waals surface area contributed by atoms with Gasteiger partial charge in [-0.05, 0) is 12.0 Å². The van der Waals surface area contributed by atoms with E-state index < -0.39 is 0 Å². The quantitative estimate of drug-likeness (QED) is 0.693. The summed E-state index contributed by atoms with van der Waals surface area (Å²) in [6, 6.07) is 10.1. The van der Waals surface area contributed by atoms with Gasteiger partial charge >= 0.3 is 0 Å². The second-order valence-corrected chi connectivity index (χ2v) is 6.08. The average molecular weight is 331 g/mol. The van der Waals surface area contributed by atoms with E-state index in [0.717, 1.165) is 6.42 Å². The SMILES string of the molecule is CN(C=O)CCC(=O)N1CCC(=O)N(CCc2ccccc2)CC1. The van der Waals surface area contributed by atoms with Crippen molar-refractivity contribution in [3.05, 3.63) is 35.9 Å². The maximum absolute atomic E-state index is 12.2. The van der Waals surface area contributed by atoms with Crippen molar-refractivity contribution in [2.24, 2.45) is 0 Å². The van der Waals surface area contributed by atoms with Crippen LogP contribution in [0.15, 0.2) is 30.3 Å². The Bertz CT molecular complexity index is 562. The number of nitrogens with zero attached hydrogens (tertiary/aromatic N) is 3. The van der Waals surface area contributed by atoms with E-state index in [1.807, 2.05) is 23.1 Å². The number of rotatable bonds is 7. The molecule has 0 atom stereocenters. The molecule has 0 bridgehead atoms. The Kier molecular flexibility index (Phi) is 6.78. The molecule has 6 nitrogen and oxygen atoms in total. The van der Waals surface area contributed by atoms with Crippen LogP contribution in [0, 0.1) is 0 Å². The van der Waals surface area contributed by atoms with E-state index in [2.05, 4.69) is 12.1 Å². The van der Waals surface area contributed by atoms with Crippen molar-refractivity contribution in [3.8, 4) is 0 Å². The second-order valence-electron chi connectivity index (χ2n) is 6.08. The molecular weight excluding hydrogens is 306 g/mol. The minimum Gasteiger partial charge on any atom is -0.348 e. The van der Waals surface area contributed by atoms with Gasteiger partial charge in [-0.15, -0.1) is 0 Å². The number of carbonyl (C=O) groups excluding carboxylic acids is 3. The Morgan fingerprint density at radius 2 is 1.96 bits per heavy atom. The zero-order chi connectivity index (χ0) is 17.4. The summed E-state index contributed by atoms with van der Waals surface area (Å²) in [5.74, 6) is 0.104. The van der Waals surface area contributed by atoms with Crippen LogP contribution in [0.1, 0.15) is 18.4 Å². The topological polar surface area (TPSA) is 60.9 Å². The summed E-state index contributed by atoms with van der Waals surface area (Å²) < 4.78 is 0. The monoisotopic (exact) mass is 331 g/mol. The highest BCUT2D eigenvalue weighted by Gasteiger charge is 2.23. The molecule has 0 aliphatic carbocycles. The number of amides is 3. The van der Waals surface area contributed by atoms with Crippen LogP contribution in [0.5, 0.6) is 0 Å². The van der Waals surface area contributed by atoms with Crippen LogP contribution >= 0.6 is 0 Å². The first-order valence-corrected chi connectivity index (χ1v) is 8.35. The Morgan fingerprint density at radius 1 is 1.21 bits per heavy atom. The second kappa shape index (κ2) is 9.05. The van der Waals surface area contributed by atoms with E-state index in [9.17, 15) is 14.4 Å². The molecule has 1 heterocycles. The van der Waals surface area contributed by atoms with Gasteiger partial charge in [-0.25, -0.2) is 0 Å². The fourth-order valence-electron chi connectivity index (χ4n) is 2.74. The van der Waals surface area contributed by atoms with Crippen LogP contribution in [0.3, 0.4) is 0 Å².